The van der Waals surface area contributed by atoms with Crippen LogP contribution in [0.3, 0.4) is 0 Å². The van der Waals surface area contributed by atoms with E-state index >= 15 is 0 Å². The standard InChI is InChI=1S/C13H18O3/c1-9-6-11(10(2)8-14)7-12-13(9)16-5-3-4-15-12/h6-7,10,14H,3-5,8H2,1-2H3. The summed E-state index contributed by atoms with van der Waals surface area (Å²) in [7, 11) is 0. The highest BCUT2D eigenvalue weighted by Gasteiger charge is 2.16. The zero-order valence-electron chi connectivity index (χ0n) is 9.82. The van der Waals surface area contributed by atoms with Crippen LogP contribution in [-0.4, -0.2) is 24.9 Å². The molecule has 0 bridgehead atoms. The molecule has 1 unspecified atom stereocenters. The van der Waals surface area contributed by atoms with Crippen molar-refractivity contribution in [1.29, 1.82) is 0 Å². The fourth-order valence-electron chi connectivity index (χ4n) is 1.87. The Hall–Kier alpha value is -1.22. The Morgan fingerprint density at radius 2 is 2.06 bits per heavy atom. The van der Waals surface area contributed by atoms with Crippen molar-refractivity contribution in [1.82, 2.24) is 0 Å². The van der Waals surface area contributed by atoms with Gasteiger partial charge in [0.1, 0.15) is 0 Å². The van der Waals surface area contributed by atoms with Crippen molar-refractivity contribution < 1.29 is 14.6 Å². The topological polar surface area (TPSA) is 38.7 Å². The molecule has 0 saturated heterocycles. The lowest BCUT2D eigenvalue weighted by Gasteiger charge is -2.15. The van der Waals surface area contributed by atoms with E-state index in [9.17, 15) is 0 Å². The third-order valence-electron chi connectivity index (χ3n) is 2.90. The van der Waals surface area contributed by atoms with Crippen molar-refractivity contribution in [2.75, 3.05) is 19.8 Å². The number of rotatable bonds is 2. The van der Waals surface area contributed by atoms with Crippen LogP contribution < -0.4 is 9.47 Å². The Balaban J connectivity index is 2.39. The van der Waals surface area contributed by atoms with E-state index in [1.807, 2.05) is 19.9 Å². The van der Waals surface area contributed by atoms with Gasteiger partial charge in [-0.05, 0) is 24.1 Å². The lowest BCUT2D eigenvalue weighted by Crippen LogP contribution is -2.01. The fourth-order valence-corrected chi connectivity index (χ4v) is 1.87. The van der Waals surface area contributed by atoms with Gasteiger partial charge in [0.2, 0.25) is 0 Å². The molecule has 3 nitrogen and oxygen atoms in total. The molecule has 0 aliphatic carbocycles. The Morgan fingerprint density at radius 1 is 1.31 bits per heavy atom. The molecule has 3 heteroatoms. The quantitative estimate of drug-likeness (QED) is 0.834. The van der Waals surface area contributed by atoms with Gasteiger partial charge in [0, 0.05) is 18.9 Å². The molecule has 1 N–H and O–H groups in total. The van der Waals surface area contributed by atoms with Crippen molar-refractivity contribution in [2.24, 2.45) is 0 Å². The molecular weight excluding hydrogens is 204 g/mol. The van der Waals surface area contributed by atoms with Crippen LogP contribution >= 0.6 is 0 Å². The van der Waals surface area contributed by atoms with E-state index in [1.165, 1.54) is 0 Å². The maximum Gasteiger partial charge on any atom is 0.164 e. The number of hydrogen-bond acceptors (Lipinski definition) is 3. The van der Waals surface area contributed by atoms with Gasteiger partial charge in [-0.3, -0.25) is 0 Å². The van der Waals surface area contributed by atoms with E-state index in [0.717, 1.165) is 29.0 Å². The lowest BCUT2D eigenvalue weighted by atomic mass is 9.99. The molecule has 0 saturated carbocycles. The first kappa shape index (κ1) is 11.3. The Kier molecular flexibility index (Phi) is 3.34. The summed E-state index contributed by atoms with van der Waals surface area (Å²) in [6, 6.07) is 4.04. The van der Waals surface area contributed by atoms with Crippen LogP contribution in [0.15, 0.2) is 12.1 Å². The Bertz CT molecular complexity index is 374. The second-order valence-corrected chi connectivity index (χ2v) is 4.30. The van der Waals surface area contributed by atoms with Crippen molar-refractivity contribution in [2.45, 2.75) is 26.2 Å². The van der Waals surface area contributed by atoms with E-state index in [4.69, 9.17) is 14.6 Å². The van der Waals surface area contributed by atoms with E-state index < -0.39 is 0 Å². The molecule has 1 aliphatic heterocycles. The highest BCUT2D eigenvalue weighted by Crippen LogP contribution is 2.36. The van der Waals surface area contributed by atoms with Gasteiger partial charge in [-0.15, -0.1) is 0 Å². The van der Waals surface area contributed by atoms with E-state index in [0.29, 0.717) is 13.2 Å². The van der Waals surface area contributed by atoms with Crippen LogP contribution in [0.25, 0.3) is 0 Å². The second kappa shape index (κ2) is 4.74. The molecule has 0 aromatic heterocycles. The lowest BCUT2D eigenvalue weighted by molar-refractivity contribution is 0.272. The van der Waals surface area contributed by atoms with Crippen molar-refractivity contribution >= 4 is 0 Å². The molecule has 88 valence electrons. The van der Waals surface area contributed by atoms with Gasteiger partial charge >= 0.3 is 0 Å². The summed E-state index contributed by atoms with van der Waals surface area (Å²) in [5.41, 5.74) is 2.18. The number of hydrogen-bond donors (Lipinski definition) is 1. The van der Waals surface area contributed by atoms with Crippen LogP contribution in [0, 0.1) is 6.92 Å². The summed E-state index contributed by atoms with van der Waals surface area (Å²) in [5.74, 6) is 1.80. The molecule has 1 atom stereocenters. The average molecular weight is 222 g/mol. The summed E-state index contributed by atoms with van der Waals surface area (Å²) in [6.07, 6.45) is 0.916. The third-order valence-corrected chi connectivity index (χ3v) is 2.90. The van der Waals surface area contributed by atoms with E-state index in [2.05, 4.69) is 6.07 Å². The first-order valence-corrected chi connectivity index (χ1v) is 5.73. The number of ether oxygens (including phenoxy) is 2. The van der Waals surface area contributed by atoms with E-state index in [-0.39, 0.29) is 12.5 Å². The minimum Gasteiger partial charge on any atom is -0.490 e. The van der Waals surface area contributed by atoms with Gasteiger partial charge in [0.25, 0.3) is 0 Å². The molecule has 2 rings (SSSR count). The molecule has 1 heterocycles. The van der Waals surface area contributed by atoms with Gasteiger partial charge in [0.05, 0.1) is 13.2 Å². The molecule has 0 radical (unpaired) electrons. The first-order valence-electron chi connectivity index (χ1n) is 5.73. The van der Waals surface area contributed by atoms with Crippen LogP contribution in [0.1, 0.15) is 30.4 Å². The maximum atomic E-state index is 9.17. The Labute approximate surface area is 96.0 Å². The monoisotopic (exact) mass is 222 g/mol. The van der Waals surface area contributed by atoms with Crippen LogP contribution in [0.5, 0.6) is 11.5 Å². The summed E-state index contributed by atoms with van der Waals surface area (Å²) in [5, 5.41) is 9.17. The molecule has 1 aliphatic rings. The molecule has 0 spiro atoms. The third kappa shape index (κ3) is 2.14. The number of aryl methyl sites for hydroxylation is 1. The molecule has 1 aromatic carbocycles. The first-order chi connectivity index (χ1) is 7.72. The van der Waals surface area contributed by atoms with E-state index in [1.54, 1.807) is 0 Å². The predicted octanol–water partition coefficient (Wildman–Crippen LogP) is 2.25. The molecule has 0 amide bonds. The summed E-state index contributed by atoms with van der Waals surface area (Å²) >= 11 is 0. The molecule has 0 fully saturated rings. The molecule has 1 aromatic rings. The highest BCUT2D eigenvalue weighted by atomic mass is 16.5. The zero-order valence-corrected chi connectivity index (χ0v) is 9.82. The number of benzene rings is 1. The SMILES string of the molecule is Cc1cc(C(C)CO)cc2c1OCCCO2. The largest absolute Gasteiger partial charge is 0.490 e. The van der Waals surface area contributed by atoms with Gasteiger partial charge in [-0.2, -0.15) is 0 Å². The molecular formula is C13H18O3. The number of aliphatic hydroxyl groups is 1. The summed E-state index contributed by atoms with van der Waals surface area (Å²) < 4.78 is 11.3. The van der Waals surface area contributed by atoms with Crippen molar-refractivity contribution in [3.8, 4) is 11.5 Å². The smallest absolute Gasteiger partial charge is 0.164 e. The van der Waals surface area contributed by atoms with Crippen molar-refractivity contribution in [3.05, 3.63) is 23.3 Å². The minimum atomic E-state index is 0.135. The Morgan fingerprint density at radius 3 is 2.81 bits per heavy atom. The van der Waals surface area contributed by atoms with Crippen LogP contribution in [0.2, 0.25) is 0 Å². The minimum absolute atomic E-state index is 0.135. The highest BCUT2D eigenvalue weighted by molar-refractivity contribution is 5.50. The van der Waals surface area contributed by atoms with Gasteiger partial charge in [-0.1, -0.05) is 13.0 Å². The number of fused-ring (bicyclic) bond motifs is 1. The maximum absolute atomic E-state index is 9.17. The van der Waals surface area contributed by atoms with Gasteiger partial charge in [-0.25, -0.2) is 0 Å². The molecule has 16 heavy (non-hydrogen) atoms. The predicted molar refractivity (Wildman–Crippen MR) is 62.3 cm³/mol. The number of aliphatic hydroxyl groups excluding tert-OH is 1. The average Bonchev–Trinajstić information content (AvgIpc) is 2.53. The van der Waals surface area contributed by atoms with Crippen molar-refractivity contribution in [3.63, 3.8) is 0 Å². The fraction of sp³-hybridized carbons (Fsp3) is 0.538. The summed E-state index contributed by atoms with van der Waals surface area (Å²) in [4.78, 5) is 0. The zero-order chi connectivity index (χ0) is 11.5. The second-order valence-electron chi connectivity index (χ2n) is 4.30. The van der Waals surface area contributed by atoms with Crippen LogP contribution in [-0.2, 0) is 0 Å². The van der Waals surface area contributed by atoms with Gasteiger partial charge < -0.3 is 14.6 Å². The van der Waals surface area contributed by atoms with Gasteiger partial charge in [0.15, 0.2) is 11.5 Å². The summed E-state index contributed by atoms with van der Waals surface area (Å²) in [6.45, 7) is 5.57. The normalized spacial score (nSPS) is 16.7. The van der Waals surface area contributed by atoms with Crippen LogP contribution in [0.4, 0.5) is 0 Å².